The number of nitrogens with one attached hydrogen (secondary N) is 3. The summed E-state index contributed by atoms with van der Waals surface area (Å²) in [6.45, 7) is 12.5. The van der Waals surface area contributed by atoms with Gasteiger partial charge in [-0.15, -0.1) is 0 Å². The molecule has 0 spiro atoms. The van der Waals surface area contributed by atoms with Crippen molar-refractivity contribution in [2.45, 2.75) is 109 Å². The highest BCUT2D eigenvalue weighted by Gasteiger charge is 2.41. The molecule has 332 valence electrons. The molecule has 63 heavy (non-hydrogen) atoms. The van der Waals surface area contributed by atoms with E-state index >= 15 is 0 Å². The van der Waals surface area contributed by atoms with Crippen LogP contribution in [0.4, 0.5) is 9.59 Å². The van der Waals surface area contributed by atoms with E-state index in [-0.39, 0.29) is 23.8 Å². The topological polar surface area (TPSA) is 166 Å². The number of nitrogens with zero attached hydrogens (tertiary/aromatic N) is 4. The molecule has 3 aliphatic rings. The van der Waals surface area contributed by atoms with Crippen LogP contribution in [0.3, 0.4) is 0 Å². The van der Waals surface area contributed by atoms with E-state index in [9.17, 15) is 24.0 Å². The van der Waals surface area contributed by atoms with E-state index in [1.807, 2.05) is 65.6 Å². The molecule has 14 nitrogen and oxygen atoms in total. The van der Waals surface area contributed by atoms with Crippen molar-refractivity contribution in [1.82, 2.24) is 35.3 Å². The third kappa shape index (κ3) is 11.0. The second kappa shape index (κ2) is 18.9. The number of aromatic nitrogens is 2. The van der Waals surface area contributed by atoms with Crippen LogP contribution in [0.1, 0.15) is 114 Å². The van der Waals surface area contributed by atoms with E-state index in [1.54, 1.807) is 69.7 Å². The number of amides is 5. The molecule has 4 aromatic rings. The van der Waals surface area contributed by atoms with Gasteiger partial charge in [-0.1, -0.05) is 91.0 Å². The molecular weight excluding hydrogens is 799 g/mol. The first-order valence-electron chi connectivity index (χ1n) is 21.9. The molecule has 3 aliphatic heterocycles. The first-order chi connectivity index (χ1) is 30.0. The maximum absolute atomic E-state index is 14.2. The molecule has 14 heteroatoms. The quantitative estimate of drug-likeness (QED) is 0.145. The van der Waals surface area contributed by atoms with Crippen LogP contribution in [0, 0.1) is 0 Å². The highest BCUT2D eigenvalue weighted by atomic mass is 16.6. The number of ether oxygens (including phenoxy) is 2. The zero-order chi connectivity index (χ0) is 44.9. The smallest absolute Gasteiger partial charge is 0.408 e. The summed E-state index contributed by atoms with van der Waals surface area (Å²) in [6.07, 6.45) is 5.93. The van der Waals surface area contributed by atoms with Crippen LogP contribution in [0.5, 0.6) is 0 Å². The van der Waals surface area contributed by atoms with Gasteiger partial charge in [-0.3, -0.25) is 14.4 Å². The Hall–Kier alpha value is -6.44. The molecule has 4 heterocycles. The number of hydrogen-bond donors (Lipinski definition) is 3. The summed E-state index contributed by atoms with van der Waals surface area (Å²) in [4.78, 5) is 81.4. The predicted octanol–water partition coefficient (Wildman–Crippen LogP) is 7.88. The van der Waals surface area contributed by atoms with E-state index in [4.69, 9.17) is 14.5 Å². The van der Waals surface area contributed by atoms with Crippen molar-refractivity contribution in [2.24, 2.45) is 0 Å². The van der Waals surface area contributed by atoms with Gasteiger partial charge in [0, 0.05) is 26.2 Å². The molecule has 3 aromatic carbocycles. The van der Waals surface area contributed by atoms with Gasteiger partial charge in [-0.2, -0.15) is 0 Å². The number of H-pyrrole nitrogens is 1. The van der Waals surface area contributed by atoms with Gasteiger partial charge in [0.15, 0.2) is 0 Å². The molecule has 7 rings (SSSR count). The van der Waals surface area contributed by atoms with Gasteiger partial charge in [-0.05, 0) is 101 Å². The lowest BCUT2D eigenvalue weighted by Crippen LogP contribution is -2.52. The minimum absolute atomic E-state index is 0.0944. The van der Waals surface area contributed by atoms with E-state index < -0.39 is 41.5 Å². The number of hydrogen-bond acceptors (Lipinski definition) is 8. The van der Waals surface area contributed by atoms with Crippen molar-refractivity contribution in [3.63, 3.8) is 0 Å². The van der Waals surface area contributed by atoms with Crippen molar-refractivity contribution < 1.29 is 33.4 Å². The zero-order valence-corrected chi connectivity index (χ0v) is 37.1. The maximum atomic E-state index is 14.2. The summed E-state index contributed by atoms with van der Waals surface area (Å²) in [5, 5.41) is 5.57. The van der Waals surface area contributed by atoms with Crippen LogP contribution < -0.4 is 10.6 Å². The highest BCUT2D eigenvalue weighted by molar-refractivity contribution is 5.93. The number of rotatable bonds is 10. The van der Waals surface area contributed by atoms with Crippen LogP contribution in [0.15, 0.2) is 97.2 Å². The summed E-state index contributed by atoms with van der Waals surface area (Å²) in [6, 6.07) is 23.6. The second-order valence-corrected chi connectivity index (χ2v) is 18.4. The number of carbonyl (C=O) groups is 5. The van der Waals surface area contributed by atoms with Gasteiger partial charge in [0.25, 0.3) is 11.8 Å². The van der Waals surface area contributed by atoms with Crippen molar-refractivity contribution in [3.8, 4) is 11.3 Å². The van der Waals surface area contributed by atoms with Gasteiger partial charge >= 0.3 is 12.2 Å². The molecule has 0 radical (unpaired) electrons. The summed E-state index contributed by atoms with van der Waals surface area (Å²) >= 11 is 0. The molecule has 3 unspecified atom stereocenters. The Morgan fingerprint density at radius 3 is 1.75 bits per heavy atom. The fourth-order valence-corrected chi connectivity index (χ4v) is 8.51. The first kappa shape index (κ1) is 44.6. The second-order valence-electron chi connectivity index (χ2n) is 18.4. The molecule has 3 N–H and O–H groups in total. The Bertz CT molecular complexity index is 2300. The van der Waals surface area contributed by atoms with E-state index in [0.29, 0.717) is 62.4 Å². The number of alkyl carbamates (subject to hydrolysis) is 2. The average Bonchev–Trinajstić information content (AvgIpc) is 4.06. The Labute approximate surface area is 369 Å². The number of carbonyl (C=O) groups excluding carboxylic acids is 5. The Morgan fingerprint density at radius 1 is 0.683 bits per heavy atom. The van der Waals surface area contributed by atoms with E-state index in [0.717, 1.165) is 35.2 Å². The molecule has 0 bridgehead atoms. The predicted molar refractivity (Wildman–Crippen MR) is 239 cm³/mol. The van der Waals surface area contributed by atoms with Gasteiger partial charge < -0.3 is 39.8 Å². The van der Waals surface area contributed by atoms with E-state index in [2.05, 4.69) is 33.8 Å². The molecule has 1 aromatic heterocycles. The third-order valence-corrected chi connectivity index (χ3v) is 11.4. The molecule has 2 saturated heterocycles. The van der Waals surface area contributed by atoms with Crippen LogP contribution in [0.25, 0.3) is 16.8 Å². The van der Waals surface area contributed by atoms with Gasteiger partial charge in [0.2, 0.25) is 5.91 Å². The normalized spacial score (nSPS) is 18.9. The van der Waals surface area contributed by atoms with Crippen molar-refractivity contribution in [2.75, 3.05) is 26.2 Å². The van der Waals surface area contributed by atoms with E-state index in [1.165, 1.54) is 0 Å². The lowest BCUT2D eigenvalue weighted by atomic mass is 9.97. The van der Waals surface area contributed by atoms with Gasteiger partial charge in [0.05, 0.1) is 17.9 Å². The Morgan fingerprint density at radius 2 is 1.21 bits per heavy atom. The summed E-state index contributed by atoms with van der Waals surface area (Å²) in [5.74, 6) is 0.0272. The number of likely N-dealkylation sites (tertiary alicyclic amines) is 2. The molecule has 2 fully saturated rings. The van der Waals surface area contributed by atoms with Crippen molar-refractivity contribution >= 4 is 35.5 Å². The summed E-state index contributed by atoms with van der Waals surface area (Å²) in [7, 11) is 0. The standard InChI is InChI=1S/C49H59N7O7/c1-48(2,3)62-46(60)52-40(35-15-9-7-10-16-35)44(58)55-27-13-19-38(55)42-50-31-37(51-42)34-23-21-32(22-24-34)33-25-29-54(30-26-33)43(57)39-20-14-28-56(39)45(59)41(36-17-11-8-12-18-36)53-47(61)63-49(4,5)6/h7-12,15-18,21-25,31,38-41H,13-14,19-20,26-30H2,1-6H3,(H,50,51)(H,52,60)(H,53,61)/t38?,39?,40?,41-/m0/s1. The van der Waals surface area contributed by atoms with Crippen LogP contribution in [-0.4, -0.2) is 98.0 Å². The number of benzene rings is 3. The van der Waals surface area contributed by atoms with Crippen molar-refractivity contribution in [3.05, 3.63) is 120 Å². The Kier molecular flexibility index (Phi) is 13.4. The van der Waals surface area contributed by atoms with Crippen LogP contribution >= 0.6 is 0 Å². The molecule has 0 saturated carbocycles. The lowest BCUT2D eigenvalue weighted by Gasteiger charge is -2.34. The maximum Gasteiger partial charge on any atom is 0.408 e. The first-order valence-corrected chi connectivity index (χ1v) is 21.9. The SMILES string of the molecule is CC(C)(C)OC(=O)NC(C(=O)N1CCCC1c1ncc(-c2ccc(C3=CCN(C(=O)C4CCCN4C(=O)[C@@H](NC(=O)OC(C)(C)C)c4ccccc4)CC3)cc2)[nH]1)c1ccccc1. The Balaban J connectivity index is 0.985. The fraction of sp³-hybridized carbons (Fsp3) is 0.429. The summed E-state index contributed by atoms with van der Waals surface area (Å²) in [5.41, 5.74) is 3.78. The zero-order valence-electron chi connectivity index (χ0n) is 37.1. The van der Waals surface area contributed by atoms with Gasteiger partial charge in [0.1, 0.15) is 35.2 Å². The monoisotopic (exact) mass is 857 g/mol. The molecule has 0 aliphatic carbocycles. The van der Waals surface area contributed by atoms with Crippen LogP contribution in [-0.2, 0) is 23.9 Å². The highest BCUT2D eigenvalue weighted by Crippen LogP contribution is 2.35. The number of imidazole rings is 1. The molecular formula is C49H59N7O7. The van der Waals surface area contributed by atoms with Crippen LogP contribution in [0.2, 0.25) is 0 Å². The minimum Gasteiger partial charge on any atom is -0.444 e. The van der Waals surface area contributed by atoms with Gasteiger partial charge in [-0.25, -0.2) is 14.6 Å². The summed E-state index contributed by atoms with van der Waals surface area (Å²) < 4.78 is 11.0. The molecule has 4 atom stereocenters. The molecule has 5 amide bonds. The van der Waals surface area contributed by atoms with Crippen molar-refractivity contribution in [1.29, 1.82) is 0 Å². The fourth-order valence-electron chi connectivity index (χ4n) is 8.51. The third-order valence-electron chi connectivity index (χ3n) is 11.4. The average molecular weight is 858 g/mol. The largest absolute Gasteiger partial charge is 0.444 e. The lowest BCUT2D eigenvalue weighted by molar-refractivity contribution is -0.144. The number of aromatic amines is 1. The minimum atomic E-state index is -0.993.